The summed E-state index contributed by atoms with van der Waals surface area (Å²) in [5, 5.41) is 5.54. The van der Waals surface area contributed by atoms with Gasteiger partial charge in [0.25, 0.3) is 0 Å². The zero-order valence-electron chi connectivity index (χ0n) is 18.2. The lowest BCUT2D eigenvalue weighted by Crippen LogP contribution is -2.42. The van der Waals surface area contributed by atoms with Crippen molar-refractivity contribution in [3.8, 4) is 17.2 Å². The molecule has 3 rings (SSSR count). The fraction of sp³-hybridized carbons (Fsp3) is 0.304. The van der Waals surface area contributed by atoms with Crippen molar-refractivity contribution >= 4 is 29.0 Å². The second-order valence-corrected chi connectivity index (χ2v) is 7.71. The largest absolute Gasteiger partial charge is 0.493 e. The van der Waals surface area contributed by atoms with Gasteiger partial charge in [0.15, 0.2) is 11.5 Å². The van der Waals surface area contributed by atoms with Gasteiger partial charge in [-0.25, -0.2) is 4.79 Å². The van der Waals surface area contributed by atoms with Gasteiger partial charge in [0.1, 0.15) is 12.4 Å². The van der Waals surface area contributed by atoms with Crippen LogP contribution in [0.5, 0.6) is 17.2 Å². The van der Waals surface area contributed by atoms with E-state index in [1.165, 1.54) is 7.11 Å². The van der Waals surface area contributed by atoms with E-state index in [0.29, 0.717) is 40.9 Å². The Bertz CT molecular complexity index is 1000. The van der Waals surface area contributed by atoms with Gasteiger partial charge >= 0.3 is 6.03 Å². The molecule has 0 aromatic heterocycles. The van der Waals surface area contributed by atoms with Gasteiger partial charge in [0.05, 0.1) is 25.3 Å². The summed E-state index contributed by atoms with van der Waals surface area (Å²) in [5.74, 6) is 1.57. The van der Waals surface area contributed by atoms with Crippen LogP contribution in [0.15, 0.2) is 49.1 Å². The molecule has 1 aliphatic rings. The molecule has 0 bridgehead atoms. The Morgan fingerprint density at radius 2 is 1.77 bits per heavy atom. The van der Waals surface area contributed by atoms with E-state index in [0.717, 1.165) is 0 Å². The fourth-order valence-electron chi connectivity index (χ4n) is 3.24. The van der Waals surface area contributed by atoms with Crippen LogP contribution in [-0.4, -0.2) is 39.3 Å². The second kappa shape index (κ2) is 8.99. The lowest BCUT2D eigenvalue weighted by Gasteiger charge is -2.27. The molecule has 0 radical (unpaired) electrons. The summed E-state index contributed by atoms with van der Waals surface area (Å²) in [7, 11) is 3.07. The normalized spacial score (nSPS) is 14.6. The number of rotatable bonds is 6. The summed E-state index contributed by atoms with van der Waals surface area (Å²) < 4.78 is 16.3. The van der Waals surface area contributed by atoms with Gasteiger partial charge < -0.3 is 29.7 Å². The summed E-state index contributed by atoms with van der Waals surface area (Å²) in [4.78, 5) is 27.1. The highest BCUT2D eigenvalue weighted by Crippen LogP contribution is 2.38. The van der Waals surface area contributed by atoms with E-state index in [2.05, 4.69) is 17.2 Å². The molecule has 2 N–H and O–H groups in total. The summed E-state index contributed by atoms with van der Waals surface area (Å²) in [6, 6.07) is 9.81. The SMILES string of the molecule is C=CCN1C(=O)C(C)(C)COc2ccc(NC(=O)Nc3ccc(OC)c(OC)c3)cc21. The average Bonchev–Trinajstić information content (AvgIpc) is 2.84. The molecule has 1 aliphatic heterocycles. The van der Waals surface area contributed by atoms with Gasteiger partial charge in [-0.05, 0) is 44.2 Å². The van der Waals surface area contributed by atoms with Gasteiger partial charge in [-0.3, -0.25) is 4.79 Å². The van der Waals surface area contributed by atoms with Crippen LogP contribution in [0.1, 0.15) is 13.8 Å². The minimum atomic E-state index is -0.680. The number of ether oxygens (including phenoxy) is 3. The zero-order chi connectivity index (χ0) is 22.6. The molecule has 8 nitrogen and oxygen atoms in total. The third kappa shape index (κ3) is 4.74. The number of anilines is 3. The minimum Gasteiger partial charge on any atom is -0.493 e. The molecule has 2 aromatic rings. The molecular weight excluding hydrogens is 398 g/mol. The lowest BCUT2D eigenvalue weighted by atomic mass is 9.93. The molecule has 3 amide bonds. The first-order valence-corrected chi connectivity index (χ1v) is 9.79. The number of carbonyl (C=O) groups excluding carboxylic acids is 2. The lowest BCUT2D eigenvalue weighted by molar-refractivity contribution is -0.127. The Kier molecular flexibility index (Phi) is 6.39. The van der Waals surface area contributed by atoms with Crippen LogP contribution < -0.4 is 29.7 Å². The first kappa shape index (κ1) is 22.0. The fourth-order valence-corrected chi connectivity index (χ4v) is 3.24. The maximum Gasteiger partial charge on any atom is 0.323 e. The molecule has 8 heteroatoms. The van der Waals surface area contributed by atoms with Crippen molar-refractivity contribution in [3.05, 3.63) is 49.1 Å². The highest BCUT2D eigenvalue weighted by molar-refractivity contribution is 6.02. The van der Waals surface area contributed by atoms with E-state index in [1.807, 2.05) is 13.8 Å². The Morgan fingerprint density at radius 3 is 2.42 bits per heavy atom. The van der Waals surface area contributed by atoms with Crippen LogP contribution in [0, 0.1) is 5.41 Å². The molecule has 0 spiro atoms. The van der Waals surface area contributed by atoms with Crippen molar-refractivity contribution in [2.45, 2.75) is 13.8 Å². The standard InChI is InChI=1S/C23H27N3O5/c1-6-11-26-17-12-15(7-9-18(17)31-14-23(2,3)21(26)27)24-22(28)25-16-8-10-19(29-4)20(13-16)30-5/h6-10,12-13H,1,11,14H2,2-5H3,(H2,24,25,28). The second-order valence-electron chi connectivity index (χ2n) is 7.71. The summed E-state index contributed by atoms with van der Waals surface area (Å²) in [6.07, 6.45) is 1.66. The maximum absolute atomic E-state index is 13.0. The van der Waals surface area contributed by atoms with Crippen LogP contribution in [0.2, 0.25) is 0 Å². The molecule has 0 aliphatic carbocycles. The topological polar surface area (TPSA) is 89.1 Å². The molecule has 0 atom stereocenters. The number of carbonyl (C=O) groups is 2. The number of urea groups is 1. The highest BCUT2D eigenvalue weighted by atomic mass is 16.5. The molecule has 0 fully saturated rings. The van der Waals surface area contributed by atoms with E-state index >= 15 is 0 Å². The molecule has 1 heterocycles. The van der Waals surface area contributed by atoms with Crippen LogP contribution in [-0.2, 0) is 4.79 Å². The highest BCUT2D eigenvalue weighted by Gasteiger charge is 2.37. The smallest absolute Gasteiger partial charge is 0.323 e. The molecule has 0 unspecified atom stereocenters. The number of amides is 3. The molecular formula is C23H27N3O5. The average molecular weight is 425 g/mol. The Labute approximate surface area is 181 Å². The third-order valence-electron chi connectivity index (χ3n) is 4.87. The Balaban J connectivity index is 1.81. The van der Waals surface area contributed by atoms with Gasteiger partial charge in [-0.15, -0.1) is 6.58 Å². The van der Waals surface area contributed by atoms with Crippen LogP contribution in [0.25, 0.3) is 0 Å². The van der Waals surface area contributed by atoms with Gasteiger partial charge in [-0.1, -0.05) is 6.08 Å². The van der Waals surface area contributed by atoms with Crippen molar-refractivity contribution in [2.24, 2.45) is 5.41 Å². The molecule has 0 saturated carbocycles. The number of nitrogens with zero attached hydrogens (tertiary/aromatic N) is 1. The minimum absolute atomic E-state index is 0.0712. The van der Waals surface area contributed by atoms with E-state index in [-0.39, 0.29) is 12.5 Å². The summed E-state index contributed by atoms with van der Waals surface area (Å²) in [6.45, 7) is 8.03. The summed E-state index contributed by atoms with van der Waals surface area (Å²) in [5.41, 5.74) is 0.959. The van der Waals surface area contributed by atoms with Crippen molar-refractivity contribution in [1.29, 1.82) is 0 Å². The van der Waals surface area contributed by atoms with Gasteiger partial charge in [-0.2, -0.15) is 0 Å². The van der Waals surface area contributed by atoms with Crippen molar-refractivity contribution in [1.82, 2.24) is 0 Å². The monoisotopic (exact) mass is 425 g/mol. The zero-order valence-corrected chi connectivity index (χ0v) is 18.2. The number of nitrogens with one attached hydrogen (secondary N) is 2. The van der Waals surface area contributed by atoms with Crippen LogP contribution in [0.4, 0.5) is 21.9 Å². The van der Waals surface area contributed by atoms with E-state index < -0.39 is 11.4 Å². The Morgan fingerprint density at radius 1 is 1.13 bits per heavy atom. The van der Waals surface area contributed by atoms with E-state index in [4.69, 9.17) is 14.2 Å². The number of fused-ring (bicyclic) bond motifs is 1. The first-order chi connectivity index (χ1) is 14.8. The van der Waals surface area contributed by atoms with Gasteiger partial charge in [0, 0.05) is 24.0 Å². The summed E-state index contributed by atoms with van der Waals surface area (Å²) >= 11 is 0. The van der Waals surface area contributed by atoms with Crippen molar-refractivity contribution < 1.29 is 23.8 Å². The maximum atomic E-state index is 13.0. The van der Waals surface area contributed by atoms with E-state index in [9.17, 15) is 9.59 Å². The third-order valence-corrected chi connectivity index (χ3v) is 4.87. The van der Waals surface area contributed by atoms with Crippen LogP contribution in [0.3, 0.4) is 0 Å². The predicted octanol–water partition coefficient (Wildman–Crippen LogP) is 4.29. The molecule has 164 valence electrons. The number of methoxy groups -OCH3 is 2. The van der Waals surface area contributed by atoms with Gasteiger partial charge in [0.2, 0.25) is 5.91 Å². The van der Waals surface area contributed by atoms with E-state index in [1.54, 1.807) is 54.5 Å². The molecule has 2 aromatic carbocycles. The predicted molar refractivity (Wildman–Crippen MR) is 120 cm³/mol. The molecule has 31 heavy (non-hydrogen) atoms. The Hall–Kier alpha value is -3.68. The van der Waals surface area contributed by atoms with Crippen molar-refractivity contribution in [3.63, 3.8) is 0 Å². The number of hydrogen-bond donors (Lipinski definition) is 2. The van der Waals surface area contributed by atoms with Crippen LogP contribution >= 0.6 is 0 Å². The van der Waals surface area contributed by atoms with Crippen molar-refractivity contribution in [2.75, 3.05) is 42.9 Å². The first-order valence-electron chi connectivity index (χ1n) is 9.79. The number of benzene rings is 2. The quantitative estimate of drug-likeness (QED) is 0.674. The molecule has 0 saturated heterocycles. The number of hydrogen-bond acceptors (Lipinski definition) is 5.